The summed E-state index contributed by atoms with van der Waals surface area (Å²) in [6.45, 7) is 13.3. The summed E-state index contributed by atoms with van der Waals surface area (Å²) in [6.07, 6.45) is 29.0. The van der Waals surface area contributed by atoms with Gasteiger partial charge in [-0.15, -0.1) is 4.79 Å². The third kappa shape index (κ3) is 21.0. The predicted octanol–water partition coefficient (Wildman–Crippen LogP) is 15.2. The van der Waals surface area contributed by atoms with Gasteiger partial charge in [-0.1, -0.05) is 89.1 Å². The van der Waals surface area contributed by atoms with Gasteiger partial charge >= 0.3 is 135 Å². The largest absolute Gasteiger partial charge is 0.348 e. The molecule has 0 amide bonds. The molecule has 0 aliphatic heterocycles. The molecule has 2 rings (SSSR count). The van der Waals surface area contributed by atoms with Gasteiger partial charge in [-0.2, -0.15) is 0 Å². The van der Waals surface area contributed by atoms with E-state index in [1.165, 1.54) is 160 Å². The van der Waals surface area contributed by atoms with E-state index in [2.05, 4.69) is 101 Å². The minimum atomic E-state index is 0.779. The van der Waals surface area contributed by atoms with E-state index in [0.717, 1.165) is 31.3 Å². The fourth-order valence-corrected chi connectivity index (χ4v) is 7.50. The van der Waals surface area contributed by atoms with Crippen molar-refractivity contribution >= 4 is 11.4 Å². The van der Waals surface area contributed by atoms with Gasteiger partial charge in [0.25, 0.3) is 0 Å². The van der Waals surface area contributed by atoms with Gasteiger partial charge in [-0.25, -0.2) is 0 Å². The first-order valence-electron chi connectivity index (χ1n) is 20.4. The summed E-state index contributed by atoms with van der Waals surface area (Å²) in [5.41, 5.74) is 17.8. The van der Waals surface area contributed by atoms with Crippen LogP contribution < -0.4 is 0 Å². The van der Waals surface area contributed by atoms with Gasteiger partial charge in [-0.05, 0) is 71.9 Å². The molecule has 0 spiro atoms. The number of unbranched alkanes of at least 4 members (excludes halogenated alkanes) is 14. The van der Waals surface area contributed by atoms with Crippen LogP contribution in [0.3, 0.4) is 0 Å². The fraction of sp³-hybridized carbons (Fsp3) is 0.652. The molecule has 0 aromatic heterocycles. The number of aryl methyl sites for hydroxylation is 2. The minimum Gasteiger partial charge on any atom is -0.348 e. The van der Waals surface area contributed by atoms with E-state index in [9.17, 15) is 0 Å². The Balaban J connectivity index is 0.000000547. The molecule has 0 aliphatic carbocycles. The molecular weight excluding hydrogens is 639 g/mol. The maximum atomic E-state index is 9.17. The Bertz CT molecular complexity index is 1180. The molecular formula is C46H74N2Ni. The summed E-state index contributed by atoms with van der Waals surface area (Å²) in [7, 11) is 0. The molecule has 49 heavy (non-hydrogen) atoms. The topological polar surface area (TPSA) is 36.4 Å². The molecule has 0 saturated carbocycles. The van der Waals surface area contributed by atoms with Crippen molar-refractivity contribution < 1.29 is 19.2 Å². The summed E-state index contributed by atoms with van der Waals surface area (Å²) in [6, 6.07) is 17.9. The van der Waals surface area contributed by atoms with Gasteiger partial charge in [0.1, 0.15) is 0 Å². The molecule has 2 aromatic carbocycles. The fourth-order valence-electron chi connectivity index (χ4n) is 6.27. The third-order valence-corrected chi connectivity index (χ3v) is 10.7. The Morgan fingerprint density at radius 2 is 1.06 bits per heavy atom. The van der Waals surface area contributed by atoms with Crippen LogP contribution in [-0.2, 0) is 27.3 Å². The van der Waals surface area contributed by atoms with E-state index < -0.39 is 0 Å². The number of nitrogens with zero attached hydrogens (tertiary/aromatic N) is 2. The van der Waals surface area contributed by atoms with Crippen molar-refractivity contribution in [3.8, 4) is 0 Å². The number of hydrogen-bond acceptors (Lipinski definition) is 0. The predicted molar refractivity (Wildman–Crippen MR) is 214 cm³/mol. The molecule has 0 N–H and O–H groups in total. The second kappa shape index (κ2) is 31.8. The van der Waals surface area contributed by atoms with Gasteiger partial charge in [0.2, 0.25) is 0 Å². The van der Waals surface area contributed by atoms with E-state index in [4.69, 9.17) is 5.53 Å². The molecule has 0 heterocycles. The first-order valence-corrected chi connectivity index (χ1v) is 21.8. The number of rotatable bonds is 27. The van der Waals surface area contributed by atoms with Gasteiger partial charge in [0.05, 0.1) is 5.57 Å². The van der Waals surface area contributed by atoms with E-state index in [1.807, 2.05) is 14.4 Å². The van der Waals surface area contributed by atoms with Crippen LogP contribution in [0, 0.1) is 0 Å². The van der Waals surface area contributed by atoms with Crippen molar-refractivity contribution in [1.82, 2.24) is 0 Å². The van der Waals surface area contributed by atoms with Crippen LogP contribution in [0.4, 0.5) is 0 Å². The van der Waals surface area contributed by atoms with Gasteiger partial charge in [0.15, 0.2) is 0 Å². The molecule has 278 valence electrons. The second-order valence-electron chi connectivity index (χ2n) is 13.6. The first kappa shape index (κ1) is 44.9. The molecule has 0 bridgehead atoms. The molecule has 0 fully saturated rings. The standard InChI is InChI=1S/C28H36N2.2C9H19.Ni/c1-5-9-12-22-16-18-25(19-17-22)28(27(8-4)24(7-3)21-30-29)26-15-11-14-23(20-26)13-10-6-2;2*1-3-5-7-9-8-6-4-2;/h11,14-20H,5-10,12-13H2,1-4H3;2*1,3-9H2,2H3;. The molecule has 0 radical (unpaired) electrons. The Kier molecular flexibility index (Phi) is 29.1. The summed E-state index contributed by atoms with van der Waals surface area (Å²) in [5, 5.41) is 2.85. The normalized spacial score (nSPS) is 11.4. The minimum absolute atomic E-state index is 0.779. The van der Waals surface area contributed by atoms with Crippen LogP contribution in [0.2, 0.25) is 10.8 Å². The van der Waals surface area contributed by atoms with Crippen LogP contribution >= 0.6 is 0 Å². The van der Waals surface area contributed by atoms with Gasteiger partial charge in [-0.3, -0.25) is 0 Å². The molecule has 0 unspecified atom stereocenters. The smallest absolute Gasteiger partial charge is 0.303 e. The van der Waals surface area contributed by atoms with Crippen LogP contribution in [0.25, 0.3) is 11.1 Å². The first-order chi connectivity index (χ1) is 24.1. The van der Waals surface area contributed by atoms with Crippen molar-refractivity contribution in [2.45, 2.75) is 194 Å². The zero-order valence-corrected chi connectivity index (χ0v) is 33.8. The summed E-state index contributed by atoms with van der Waals surface area (Å²) in [5.74, 6) is 2.83. The monoisotopic (exact) mass is 713 g/mol. The van der Waals surface area contributed by atoms with Crippen LogP contribution in [0.15, 0.2) is 59.7 Å². The maximum absolute atomic E-state index is 9.17. The third-order valence-electron chi connectivity index (χ3n) is 9.31. The van der Waals surface area contributed by atoms with Crippen molar-refractivity contribution in [3.63, 3.8) is 0 Å². The van der Waals surface area contributed by atoms with Gasteiger partial charge in [0, 0.05) is 0 Å². The Labute approximate surface area is 310 Å². The summed E-state index contributed by atoms with van der Waals surface area (Å²) in [4.78, 5) is 3.23. The molecule has 0 saturated heterocycles. The zero-order valence-electron chi connectivity index (χ0n) is 32.8. The Morgan fingerprint density at radius 1 is 0.551 bits per heavy atom. The molecule has 0 atom stereocenters. The van der Waals surface area contributed by atoms with Crippen molar-refractivity contribution in [2.75, 3.05) is 0 Å². The number of hydrogen-bond donors (Lipinski definition) is 0. The van der Waals surface area contributed by atoms with Crippen molar-refractivity contribution in [3.05, 3.63) is 87.5 Å². The summed E-state index contributed by atoms with van der Waals surface area (Å²) < 4.78 is 0. The van der Waals surface area contributed by atoms with Crippen molar-refractivity contribution in [1.29, 1.82) is 0 Å². The maximum Gasteiger partial charge on any atom is 0.303 e. The number of benzene rings is 2. The van der Waals surface area contributed by atoms with Crippen LogP contribution in [0.5, 0.6) is 0 Å². The molecule has 2 nitrogen and oxygen atoms in total. The Hall–Kier alpha value is -2.17. The SMILES string of the molecule is CCCCCCCC[CH2][Ni][CH2]CCCCCCCC.CCCCc1ccc(C(=C(CC)C(=C=[N+]=[N-])CC)c2cccc(CCCC)c2)cc1. The van der Waals surface area contributed by atoms with E-state index in [0.29, 0.717) is 0 Å². The Morgan fingerprint density at radius 3 is 1.55 bits per heavy atom. The van der Waals surface area contributed by atoms with Crippen LogP contribution in [-0.4, -0.2) is 10.7 Å². The van der Waals surface area contributed by atoms with Gasteiger partial charge < -0.3 is 5.53 Å². The van der Waals surface area contributed by atoms with Crippen molar-refractivity contribution in [2.24, 2.45) is 0 Å². The average molecular weight is 714 g/mol. The van der Waals surface area contributed by atoms with E-state index in [1.54, 1.807) is 0 Å². The molecule has 3 heteroatoms. The summed E-state index contributed by atoms with van der Waals surface area (Å²) >= 11 is 2.01. The quantitative estimate of drug-likeness (QED) is 0.0221. The average Bonchev–Trinajstić information content (AvgIpc) is 3.13. The van der Waals surface area contributed by atoms with Crippen LogP contribution in [0.1, 0.15) is 192 Å². The van der Waals surface area contributed by atoms with E-state index >= 15 is 0 Å². The zero-order chi connectivity index (χ0) is 35.8. The second-order valence-corrected chi connectivity index (χ2v) is 15.1. The molecule has 2 aromatic rings. The number of allylic oxidation sites excluding steroid dienone is 2. The molecule has 0 aliphatic rings. The van der Waals surface area contributed by atoms with E-state index in [-0.39, 0.29) is 0 Å².